The minimum absolute atomic E-state index is 0. The molecular weight excluding hydrogens is 718 g/mol. The molecule has 0 N–H and O–H groups in total. The molecule has 0 spiro atoms. The second-order valence-corrected chi connectivity index (χ2v) is 19.4. The van der Waals surface area contributed by atoms with Gasteiger partial charge in [0.2, 0.25) is 0 Å². The van der Waals surface area contributed by atoms with E-state index in [9.17, 15) is 0 Å². The van der Waals surface area contributed by atoms with Crippen LogP contribution in [0.1, 0.15) is 57.0 Å². The normalized spacial score (nSPS) is 14.0. The third kappa shape index (κ3) is 9.95. The Morgan fingerprint density at radius 2 is 0.849 bits per heavy atom. The smallest absolute Gasteiger partial charge is 0.0350 e. The van der Waals surface area contributed by atoms with Crippen molar-refractivity contribution in [3.63, 3.8) is 0 Å². The molecule has 0 aromatic heterocycles. The van der Waals surface area contributed by atoms with E-state index < -0.39 is 15.8 Å². The molecule has 1 atom stereocenters. The van der Waals surface area contributed by atoms with Crippen molar-refractivity contribution in [1.82, 2.24) is 0 Å². The van der Waals surface area contributed by atoms with Crippen LogP contribution in [-0.4, -0.2) is 5.66 Å². The van der Waals surface area contributed by atoms with E-state index in [0.717, 1.165) is 0 Å². The maximum atomic E-state index is 2.47. The summed E-state index contributed by atoms with van der Waals surface area (Å²) in [5.74, 6) is 1.44. The number of benzene rings is 5. The van der Waals surface area contributed by atoms with Gasteiger partial charge in [-0.15, -0.1) is 0 Å². The van der Waals surface area contributed by atoms with E-state index >= 15 is 0 Å². The van der Waals surface area contributed by atoms with Crippen LogP contribution in [0.25, 0.3) is 5.57 Å². The van der Waals surface area contributed by atoms with Crippen LogP contribution in [0.3, 0.4) is 0 Å². The topological polar surface area (TPSA) is 0 Å². The Morgan fingerprint density at radius 1 is 0.453 bits per heavy atom. The first kappa shape index (κ1) is 40.6. The van der Waals surface area contributed by atoms with Crippen LogP contribution in [0.4, 0.5) is 0 Å². The molecule has 270 valence electrons. The molecule has 2 aliphatic carbocycles. The van der Waals surface area contributed by atoms with Crippen molar-refractivity contribution in [3.8, 4) is 0 Å². The summed E-state index contributed by atoms with van der Waals surface area (Å²) in [4.78, 5) is 0. The first-order chi connectivity index (χ1) is 25.0. The molecule has 53 heavy (non-hydrogen) atoms. The predicted octanol–water partition coefficient (Wildman–Crippen LogP) is 11.3. The van der Waals surface area contributed by atoms with Gasteiger partial charge < -0.3 is 0 Å². The zero-order chi connectivity index (χ0) is 36.9. The first-order valence-electron chi connectivity index (χ1n) is 18.4. The molecule has 2 radical (unpaired) electrons. The van der Waals surface area contributed by atoms with Crippen LogP contribution in [0.15, 0.2) is 140 Å². The zero-order valence-electron chi connectivity index (χ0n) is 32.7. The van der Waals surface area contributed by atoms with Gasteiger partial charge in [-0.3, -0.25) is 0 Å². The molecule has 0 saturated carbocycles. The average molecular weight is 771 g/mol. The molecule has 0 nitrogen and oxygen atoms in total. The number of hydrogen-bond acceptors (Lipinski definition) is 0. The van der Waals surface area contributed by atoms with Crippen molar-refractivity contribution in [2.24, 2.45) is 0 Å². The van der Waals surface area contributed by atoms with Gasteiger partial charge in [0.25, 0.3) is 0 Å². The maximum Gasteiger partial charge on any atom is 0.0350 e. The summed E-state index contributed by atoms with van der Waals surface area (Å²) in [6.07, 6.45) is 17.1. The van der Waals surface area contributed by atoms with Gasteiger partial charge in [-0.1, -0.05) is 191 Å². The van der Waals surface area contributed by atoms with Crippen LogP contribution in [0.5, 0.6) is 0 Å². The third-order valence-corrected chi connectivity index (χ3v) is 14.7. The van der Waals surface area contributed by atoms with Gasteiger partial charge in [-0.05, 0) is 115 Å². The minimum atomic E-state index is -0.783. The standard InChI is InChI=1S/C45H47P2.C5H5.Fe/c1-29-17-30(2)22-38(21-29)46(39-23-31(3)18-32(4)24-39)37(9)42-14-12-15-43(42)44-13-10-11-16-45(44)47(40-25-33(5)19-34(6)26-40)41-27-35(7)20-36(8)28-41;1-2-4-5-3-1;/h10-28,37H,1-9H3;1-5H;/t37-;;/m0../s1. The SMILES string of the molecule is Cc1cc(C)cc(P(c2cc(C)cc(C)c2)c2ccccc2C2=CC=C[C]2[C@H](C)P(c2cc(C)cc(C)c2)c2cc(C)cc(C)c2)c1.[CH]1C=CC=C1.[Fe]. The number of aryl methyl sites for hydroxylation is 8. The number of allylic oxidation sites excluding steroid dienone is 8. The summed E-state index contributed by atoms with van der Waals surface area (Å²) >= 11 is 0. The third-order valence-electron chi connectivity index (χ3n) is 9.58. The molecule has 0 saturated heterocycles. The summed E-state index contributed by atoms with van der Waals surface area (Å²) in [6, 6.07) is 37.8. The minimum Gasteiger partial charge on any atom is -0.0767 e. The first-order valence-corrected chi connectivity index (χ1v) is 21.2. The van der Waals surface area contributed by atoms with Gasteiger partial charge in [-0.2, -0.15) is 0 Å². The van der Waals surface area contributed by atoms with Crippen molar-refractivity contribution in [2.75, 3.05) is 0 Å². The maximum absolute atomic E-state index is 2.47. The monoisotopic (exact) mass is 770 g/mol. The molecule has 5 aromatic carbocycles. The molecule has 0 unspecified atom stereocenters. The Balaban J connectivity index is 0.000000833. The van der Waals surface area contributed by atoms with E-state index in [-0.39, 0.29) is 17.1 Å². The number of rotatable bonds is 8. The van der Waals surface area contributed by atoms with E-state index in [1.807, 2.05) is 30.7 Å². The summed E-state index contributed by atoms with van der Waals surface area (Å²) in [5.41, 5.74) is 13.7. The Kier molecular flexibility index (Phi) is 13.9. The van der Waals surface area contributed by atoms with E-state index in [1.165, 1.54) is 88.1 Å². The predicted molar refractivity (Wildman–Crippen MR) is 235 cm³/mol. The molecule has 0 bridgehead atoms. The Bertz CT molecular complexity index is 2010. The molecular formula is C50H52FeP2. The van der Waals surface area contributed by atoms with Gasteiger partial charge in [-0.25, -0.2) is 0 Å². The van der Waals surface area contributed by atoms with Gasteiger partial charge in [0, 0.05) is 29.4 Å². The number of hydrogen-bond donors (Lipinski definition) is 0. The van der Waals surface area contributed by atoms with E-state index in [2.05, 4.69) is 178 Å². The molecule has 7 rings (SSSR count). The Hall–Kier alpha value is -3.56. The molecule has 0 aliphatic heterocycles. The molecule has 3 heteroatoms. The van der Waals surface area contributed by atoms with E-state index in [0.29, 0.717) is 5.66 Å². The fourth-order valence-electron chi connectivity index (χ4n) is 7.76. The Labute approximate surface area is 333 Å². The van der Waals surface area contributed by atoms with Crippen molar-refractivity contribution < 1.29 is 17.1 Å². The molecule has 5 aromatic rings. The largest absolute Gasteiger partial charge is 0.0767 e. The second-order valence-electron chi connectivity index (χ2n) is 14.6. The fraction of sp³-hybridized carbons (Fsp3) is 0.200. The molecule has 0 heterocycles. The van der Waals surface area contributed by atoms with Crippen LogP contribution in [0, 0.1) is 67.7 Å². The van der Waals surface area contributed by atoms with Gasteiger partial charge in [0.1, 0.15) is 0 Å². The van der Waals surface area contributed by atoms with Crippen molar-refractivity contribution in [1.29, 1.82) is 0 Å². The second kappa shape index (κ2) is 18.2. The fourth-order valence-corrected chi connectivity index (χ4v) is 13.7. The van der Waals surface area contributed by atoms with Gasteiger partial charge in [0.15, 0.2) is 0 Å². The van der Waals surface area contributed by atoms with Crippen LogP contribution in [-0.2, 0) is 17.1 Å². The van der Waals surface area contributed by atoms with Crippen LogP contribution in [0.2, 0.25) is 0 Å². The molecule has 2 aliphatic rings. The average Bonchev–Trinajstić information content (AvgIpc) is 3.80. The zero-order valence-corrected chi connectivity index (χ0v) is 35.6. The van der Waals surface area contributed by atoms with Crippen molar-refractivity contribution in [3.05, 3.63) is 202 Å². The quantitative estimate of drug-likeness (QED) is 0.109. The molecule has 0 fully saturated rings. The van der Waals surface area contributed by atoms with Crippen molar-refractivity contribution in [2.45, 2.75) is 68.0 Å². The summed E-state index contributed by atoms with van der Waals surface area (Å²) in [7, 11) is -1.44. The molecule has 0 amide bonds. The Morgan fingerprint density at radius 3 is 1.25 bits per heavy atom. The van der Waals surface area contributed by atoms with Gasteiger partial charge >= 0.3 is 0 Å². The van der Waals surface area contributed by atoms with E-state index in [1.54, 1.807) is 0 Å². The summed E-state index contributed by atoms with van der Waals surface area (Å²) in [6.45, 7) is 20.4. The summed E-state index contributed by atoms with van der Waals surface area (Å²) < 4.78 is 0. The van der Waals surface area contributed by atoms with E-state index in [4.69, 9.17) is 0 Å². The van der Waals surface area contributed by atoms with Crippen LogP contribution < -0.4 is 26.5 Å². The van der Waals surface area contributed by atoms with Gasteiger partial charge in [0.05, 0.1) is 0 Å². The van der Waals surface area contributed by atoms with Crippen molar-refractivity contribution >= 4 is 47.9 Å². The van der Waals surface area contributed by atoms with Crippen LogP contribution >= 0.6 is 15.8 Å². The summed E-state index contributed by atoms with van der Waals surface area (Å²) in [5, 5.41) is 7.19.